The summed E-state index contributed by atoms with van der Waals surface area (Å²) in [6.07, 6.45) is 0. The highest BCUT2D eigenvalue weighted by atomic mass is 35.5. The van der Waals surface area contributed by atoms with E-state index in [0.717, 1.165) is 0 Å². The van der Waals surface area contributed by atoms with Crippen molar-refractivity contribution in [2.45, 2.75) is 18.7 Å². The average molecular weight is 480 g/mol. The van der Waals surface area contributed by atoms with E-state index in [-0.39, 0.29) is 40.9 Å². The third-order valence-corrected chi connectivity index (χ3v) is 6.58. The number of phenols is 1. The maximum atomic E-state index is 12.8. The molecule has 0 aliphatic carbocycles. The van der Waals surface area contributed by atoms with E-state index < -0.39 is 27.5 Å². The van der Waals surface area contributed by atoms with E-state index in [0.29, 0.717) is 15.9 Å². The van der Waals surface area contributed by atoms with Crippen LogP contribution in [0.15, 0.2) is 41.3 Å². The lowest BCUT2D eigenvalue weighted by atomic mass is 10.2. The van der Waals surface area contributed by atoms with Gasteiger partial charge in [0, 0.05) is 15.9 Å². The average Bonchev–Trinajstić information content (AvgIpc) is 3.17. The number of aromatic nitrogens is 1. The fraction of sp³-hybridized carbons (Fsp3) is 0.238. The van der Waals surface area contributed by atoms with Crippen molar-refractivity contribution in [1.29, 1.82) is 0 Å². The number of halogens is 1. The maximum Gasteiger partial charge on any atom is 0.325 e. The van der Waals surface area contributed by atoms with Crippen molar-refractivity contribution in [3.05, 3.63) is 47.1 Å². The van der Waals surface area contributed by atoms with Gasteiger partial charge in [0.1, 0.15) is 12.2 Å². The molecule has 0 aliphatic rings. The molecular weight excluding hydrogens is 458 g/mol. The summed E-state index contributed by atoms with van der Waals surface area (Å²) in [5.74, 6) is -1.80. The van der Waals surface area contributed by atoms with Gasteiger partial charge in [-0.25, -0.2) is 8.42 Å². The second-order valence-corrected chi connectivity index (χ2v) is 9.51. The molecule has 0 saturated carbocycles. The van der Waals surface area contributed by atoms with E-state index in [9.17, 15) is 23.1 Å². The van der Waals surface area contributed by atoms with E-state index in [1.807, 2.05) is 0 Å². The lowest BCUT2D eigenvalue weighted by Crippen LogP contribution is -2.18. The van der Waals surface area contributed by atoms with Gasteiger partial charge in [0.05, 0.1) is 28.6 Å². The van der Waals surface area contributed by atoms with Crippen LogP contribution in [0.2, 0.25) is 5.02 Å². The van der Waals surface area contributed by atoms with Gasteiger partial charge in [0.25, 0.3) is 5.91 Å². The number of phenolic OH excluding ortho intramolecular Hbond substituents is 1. The Labute approximate surface area is 189 Å². The van der Waals surface area contributed by atoms with E-state index in [1.165, 1.54) is 19.1 Å². The molecule has 0 fully saturated rings. The Kier molecular flexibility index (Phi) is 6.95. The molecule has 3 aromatic rings. The topological polar surface area (TPSA) is 138 Å². The van der Waals surface area contributed by atoms with Crippen LogP contribution in [-0.2, 0) is 19.4 Å². The zero-order valence-corrected chi connectivity index (χ0v) is 18.9. The van der Waals surface area contributed by atoms with Gasteiger partial charge in [-0.15, -0.1) is 0 Å². The summed E-state index contributed by atoms with van der Waals surface area (Å²) < 4.78 is 29.7. The summed E-state index contributed by atoms with van der Waals surface area (Å²) in [7, 11) is -3.68. The van der Waals surface area contributed by atoms with Crippen molar-refractivity contribution < 1.29 is 27.9 Å². The van der Waals surface area contributed by atoms with Crippen LogP contribution in [0.1, 0.15) is 24.3 Å². The van der Waals surface area contributed by atoms with Crippen LogP contribution in [0.3, 0.4) is 0 Å². The number of carbonyl (C=O) groups excluding carboxylic acids is 2. The molecule has 1 heterocycles. The zero-order chi connectivity index (χ0) is 23.5. The van der Waals surface area contributed by atoms with E-state index in [4.69, 9.17) is 16.3 Å². The number of H-pyrrole nitrogens is 1. The molecule has 0 atom stereocenters. The number of hydrogen-bond acceptors (Lipinski definition) is 7. The molecule has 0 bridgehead atoms. The molecule has 0 saturated heterocycles. The molecule has 1 amide bonds. The Bertz CT molecular complexity index is 1290. The quantitative estimate of drug-likeness (QED) is 0.286. The fourth-order valence-corrected chi connectivity index (χ4v) is 4.09. The number of amides is 1. The number of sulfone groups is 1. The molecule has 0 aliphatic heterocycles. The molecule has 0 radical (unpaired) electrons. The predicted molar refractivity (Wildman–Crippen MR) is 122 cm³/mol. The van der Waals surface area contributed by atoms with Crippen LogP contribution in [0.5, 0.6) is 5.75 Å². The number of aromatic amines is 1. The first kappa shape index (κ1) is 23.4. The normalized spacial score (nSPS) is 11.3. The van der Waals surface area contributed by atoms with Crippen LogP contribution >= 0.6 is 11.6 Å². The molecule has 2 aromatic carbocycles. The summed E-state index contributed by atoms with van der Waals surface area (Å²) >= 11 is 5.98. The zero-order valence-electron chi connectivity index (χ0n) is 17.4. The van der Waals surface area contributed by atoms with E-state index in [1.54, 1.807) is 31.2 Å². The molecule has 0 unspecified atom stereocenters. The Morgan fingerprint density at radius 3 is 2.53 bits per heavy atom. The molecular formula is C21H22ClN3O6S. The van der Waals surface area contributed by atoms with Crippen molar-refractivity contribution >= 4 is 55.6 Å². The van der Waals surface area contributed by atoms with Gasteiger partial charge in [-0.3, -0.25) is 9.59 Å². The lowest BCUT2D eigenvalue weighted by Gasteiger charge is -2.15. The fourth-order valence-electron chi connectivity index (χ4n) is 2.98. The first-order valence-electron chi connectivity index (χ1n) is 9.73. The van der Waals surface area contributed by atoms with Gasteiger partial charge >= 0.3 is 5.97 Å². The maximum absolute atomic E-state index is 12.8. The van der Waals surface area contributed by atoms with Crippen molar-refractivity contribution in [3.8, 4) is 5.75 Å². The summed E-state index contributed by atoms with van der Waals surface area (Å²) in [6.45, 7) is 3.00. The standard InChI is InChI=1S/C21H22ClN3O6S/c1-3-31-19(26)11-23-16-9-14(32(29,30)4-2)10-17(20(16)27)25-21(28)18-8-12-7-13(22)5-6-15(12)24-18/h5-10,23-24,27H,3-4,11H2,1-2H3,(H,25,28). The molecule has 32 heavy (non-hydrogen) atoms. The summed E-state index contributed by atoms with van der Waals surface area (Å²) in [6, 6.07) is 9.04. The Hall–Kier alpha value is -3.24. The number of esters is 1. The van der Waals surface area contributed by atoms with Gasteiger partial charge in [0.2, 0.25) is 0 Å². The first-order valence-corrected chi connectivity index (χ1v) is 11.8. The molecule has 11 heteroatoms. The van der Waals surface area contributed by atoms with Crippen LogP contribution < -0.4 is 10.6 Å². The number of nitrogens with one attached hydrogen (secondary N) is 3. The monoisotopic (exact) mass is 479 g/mol. The van der Waals surface area contributed by atoms with Gasteiger partial charge in [-0.2, -0.15) is 0 Å². The highest BCUT2D eigenvalue weighted by Gasteiger charge is 2.21. The number of anilines is 2. The van der Waals surface area contributed by atoms with Gasteiger partial charge < -0.3 is 25.5 Å². The summed E-state index contributed by atoms with van der Waals surface area (Å²) in [5.41, 5.74) is 0.702. The molecule has 1 aromatic heterocycles. The predicted octanol–water partition coefficient (Wildman–Crippen LogP) is 3.55. The molecule has 170 valence electrons. The highest BCUT2D eigenvalue weighted by Crippen LogP contribution is 2.36. The Morgan fingerprint density at radius 2 is 1.84 bits per heavy atom. The largest absolute Gasteiger partial charge is 0.504 e. The summed E-state index contributed by atoms with van der Waals surface area (Å²) in [4.78, 5) is 27.3. The van der Waals surface area contributed by atoms with Crippen molar-refractivity contribution in [1.82, 2.24) is 4.98 Å². The smallest absolute Gasteiger partial charge is 0.325 e. The highest BCUT2D eigenvalue weighted by molar-refractivity contribution is 7.91. The Balaban J connectivity index is 1.95. The minimum atomic E-state index is -3.68. The first-order chi connectivity index (χ1) is 15.1. The molecule has 3 rings (SSSR count). The minimum absolute atomic E-state index is 0.0358. The second-order valence-electron chi connectivity index (χ2n) is 6.80. The number of aromatic hydroxyl groups is 1. The molecule has 9 nitrogen and oxygen atoms in total. The van der Waals surface area contributed by atoms with Crippen LogP contribution in [0.25, 0.3) is 10.9 Å². The molecule has 4 N–H and O–H groups in total. The third kappa shape index (κ3) is 5.14. The van der Waals surface area contributed by atoms with E-state index >= 15 is 0 Å². The number of hydrogen-bond donors (Lipinski definition) is 4. The minimum Gasteiger partial charge on any atom is -0.504 e. The lowest BCUT2D eigenvalue weighted by molar-refractivity contribution is -0.140. The summed E-state index contributed by atoms with van der Waals surface area (Å²) in [5, 5.41) is 17.0. The van der Waals surface area contributed by atoms with Crippen molar-refractivity contribution in [2.75, 3.05) is 29.5 Å². The second kappa shape index (κ2) is 9.49. The molecule has 0 spiro atoms. The number of benzene rings is 2. The van der Waals surface area contributed by atoms with Crippen molar-refractivity contribution in [2.24, 2.45) is 0 Å². The van der Waals surface area contributed by atoms with Gasteiger partial charge in [-0.1, -0.05) is 18.5 Å². The third-order valence-electron chi connectivity index (χ3n) is 4.63. The number of fused-ring (bicyclic) bond motifs is 1. The van der Waals surface area contributed by atoms with E-state index in [2.05, 4.69) is 15.6 Å². The number of carbonyl (C=O) groups is 2. The Morgan fingerprint density at radius 1 is 1.12 bits per heavy atom. The van der Waals surface area contributed by atoms with Crippen LogP contribution in [0, 0.1) is 0 Å². The van der Waals surface area contributed by atoms with Crippen LogP contribution in [-0.4, -0.2) is 49.3 Å². The van der Waals surface area contributed by atoms with Gasteiger partial charge in [0.15, 0.2) is 15.6 Å². The SMILES string of the molecule is CCOC(=O)CNc1cc(S(=O)(=O)CC)cc(NC(=O)c2cc3cc(Cl)ccc3[nH]2)c1O. The van der Waals surface area contributed by atoms with Crippen molar-refractivity contribution in [3.63, 3.8) is 0 Å². The van der Waals surface area contributed by atoms with Gasteiger partial charge in [-0.05, 0) is 43.3 Å². The number of rotatable bonds is 8. The number of ether oxygens (including phenoxy) is 1. The van der Waals surface area contributed by atoms with Crippen LogP contribution in [0.4, 0.5) is 11.4 Å².